The number of hydrogen-bond acceptors (Lipinski definition) is 3. The van der Waals surface area contributed by atoms with Gasteiger partial charge in [-0.3, -0.25) is 0 Å². The molecule has 1 aromatic rings. The Bertz CT molecular complexity index is 573. The maximum absolute atomic E-state index is 12.8. The van der Waals surface area contributed by atoms with Crippen molar-refractivity contribution in [1.82, 2.24) is 9.62 Å². The second kappa shape index (κ2) is 6.56. The number of sulfonamides is 1. The first-order valence-electron chi connectivity index (χ1n) is 6.86. The normalized spacial score (nSPS) is 21.1. The number of benzene rings is 1. The number of aryl methyl sites for hydroxylation is 1. The van der Waals surface area contributed by atoms with Crippen LogP contribution < -0.4 is 5.32 Å². The fourth-order valence-electron chi connectivity index (χ4n) is 2.66. The minimum Gasteiger partial charge on any atom is -0.319 e. The van der Waals surface area contributed by atoms with E-state index in [0.717, 1.165) is 24.9 Å². The van der Waals surface area contributed by atoms with Crippen LogP contribution in [0.4, 0.5) is 0 Å². The lowest BCUT2D eigenvalue weighted by Crippen LogP contribution is -2.42. The zero-order valence-electron chi connectivity index (χ0n) is 11.9. The van der Waals surface area contributed by atoms with E-state index in [1.54, 1.807) is 16.4 Å². The summed E-state index contributed by atoms with van der Waals surface area (Å²) in [5, 5.41) is 3.14. The lowest BCUT2D eigenvalue weighted by Gasteiger charge is -2.32. The number of hydrogen-bond donors (Lipinski definition) is 1. The Morgan fingerprint density at radius 1 is 1.45 bits per heavy atom. The first-order chi connectivity index (χ1) is 9.46. The highest BCUT2D eigenvalue weighted by Gasteiger charge is 2.31. The largest absolute Gasteiger partial charge is 0.319 e. The maximum Gasteiger partial charge on any atom is 0.244 e. The third-order valence-electron chi connectivity index (χ3n) is 3.75. The highest BCUT2D eigenvalue weighted by atomic mass is 79.9. The molecule has 0 spiro atoms. The van der Waals surface area contributed by atoms with Gasteiger partial charge in [-0.2, -0.15) is 4.31 Å². The molecule has 1 unspecified atom stereocenters. The Kier molecular flexibility index (Phi) is 5.23. The van der Waals surface area contributed by atoms with Gasteiger partial charge in [0.2, 0.25) is 10.0 Å². The molecule has 0 radical (unpaired) electrons. The van der Waals surface area contributed by atoms with Gasteiger partial charge in [-0.1, -0.05) is 12.1 Å². The topological polar surface area (TPSA) is 49.4 Å². The molecule has 0 aliphatic carbocycles. The van der Waals surface area contributed by atoms with Crippen LogP contribution in [0.25, 0.3) is 0 Å². The van der Waals surface area contributed by atoms with Gasteiger partial charge in [-0.25, -0.2) is 8.42 Å². The molecule has 6 heteroatoms. The van der Waals surface area contributed by atoms with Gasteiger partial charge in [0.1, 0.15) is 0 Å². The summed E-state index contributed by atoms with van der Waals surface area (Å²) in [5.41, 5.74) is 0.940. The highest BCUT2D eigenvalue weighted by Crippen LogP contribution is 2.30. The molecule has 1 aliphatic heterocycles. The molecule has 112 valence electrons. The molecule has 0 saturated carbocycles. The lowest BCUT2D eigenvalue weighted by molar-refractivity contribution is 0.263. The minimum absolute atomic E-state index is 0.377. The summed E-state index contributed by atoms with van der Waals surface area (Å²) >= 11 is 3.41. The van der Waals surface area contributed by atoms with E-state index in [1.165, 1.54) is 0 Å². The van der Waals surface area contributed by atoms with Crippen molar-refractivity contribution in [1.29, 1.82) is 0 Å². The third kappa shape index (κ3) is 3.24. The number of rotatable bonds is 4. The van der Waals surface area contributed by atoms with Crippen LogP contribution in [-0.2, 0) is 10.0 Å². The first kappa shape index (κ1) is 15.9. The number of nitrogens with zero attached hydrogens (tertiary/aromatic N) is 1. The molecule has 20 heavy (non-hydrogen) atoms. The predicted molar refractivity (Wildman–Crippen MR) is 84.3 cm³/mol. The summed E-state index contributed by atoms with van der Waals surface area (Å²) in [6.07, 6.45) is 2.01. The molecular formula is C14H21BrN2O2S. The van der Waals surface area contributed by atoms with Crippen LogP contribution in [0.1, 0.15) is 18.4 Å². The van der Waals surface area contributed by atoms with E-state index in [2.05, 4.69) is 21.2 Å². The third-order valence-corrected chi connectivity index (χ3v) is 6.97. The van der Waals surface area contributed by atoms with Crippen LogP contribution in [0.15, 0.2) is 27.6 Å². The summed E-state index contributed by atoms with van der Waals surface area (Å²) in [7, 11) is -1.50. The molecule has 4 nitrogen and oxygen atoms in total. The second-order valence-electron chi connectivity index (χ2n) is 5.32. The van der Waals surface area contributed by atoms with Crippen LogP contribution in [0.2, 0.25) is 0 Å². The predicted octanol–water partition coefficient (Wildman–Crippen LogP) is 2.38. The smallest absolute Gasteiger partial charge is 0.244 e. The van der Waals surface area contributed by atoms with E-state index >= 15 is 0 Å². The average molecular weight is 361 g/mol. The van der Waals surface area contributed by atoms with Gasteiger partial charge < -0.3 is 5.32 Å². The Labute approximate surface area is 129 Å². The average Bonchev–Trinajstić information content (AvgIpc) is 2.42. The van der Waals surface area contributed by atoms with Crippen LogP contribution in [0.3, 0.4) is 0 Å². The molecule has 0 aromatic heterocycles. The van der Waals surface area contributed by atoms with Crippen molar-refractivity contribution in [2.24, 2.45) is 5.92 Å². The van der Waals surface area contributed by atoms with Crippen molar-refractivity contribution in [2.45, 2.75) is 24.7 Å². The Balaban J connectivity index is 2.28. The van der Waals surface area contributed by atoms with Gasteiger partial charge in [-0.05, 0) is 66.8 Å². The van der Waals surface area contributed by atoms with E-state index < -0.39 is 10.0 Å². The zero-order chi connectivity index (χ0) is 14.8. The summed E-state index contributed by atoms with van der Waals surface area (Å²) in [5.74, 6) is 0.395. The van der Waals surface area contributed by atoms with Gasteiger partial charge in [0.05, 0.1) is 4.90 Å². The molecule has 1 fully saturated rings. The van der Waals surface area contributed by atoms with Crippen molar-refractivity contribution >= 4 is 26.0 Å². The molecule has 1 aliphatic rings. The van der Waals surface area contributed by atoms with Crippen LogP contribution >= 0.6 is 15.9 Å². The van der Waals surface area contributed by atoms with Crippen molar-refractivity contribution in [3.63, 3.8) is 0 Å². The molecule has 1 N–H and O–H groups in total. The van der Waals surface area contributed by atoms with Crippen molar-refractivity contribution in [3.05, 3.63) is 28.2 Å². The Morgan fingerprint density at radius 3 is 2.90 bits per heavy atom. The van der Waals surface area contributed by atoms with Gasteiger partial charge in [0.25, 0.3) is 0 Å². The maximum atomic E-state index is 12.8. The molecule has 2 rings (SSSR count). The lowest BCUT2D eigenvalue weighted by atomic mass is 10.00. The Hall–Kier alpha value is -0.430. The van der Waals surface area contributed by atoms with Gasteiger partial charge >= 0.3 is 0 Å². The van der Waals surface area contributed by atoms with Crippen molar-refractivity contribution in [3.8, 4) is 0 Å². The number of halogens is 1. The minimum atomic E-state index is -3.41. The summed E-state index contributed by atoms with van der Waals surface area (Å²) in [6, 6.07) is 5.37. The van der Waals surface area contributed by atoms with E-state index in [1.807, 2.05) is 20.0 Å². The van der Waals surface area contributed by atoms with Gasteiger partial charge in [0.15, 0.2) is 0 Å². The van der Waals surface area contributed by atoms with Gasteiger partial charge in [0, 0.05) is 17.6 Å². The second-order valence-corrected chi connectivity index (χ2v) is 8.02. The molecular weight excluding hydrogens is 340 g/mol. The summed E-state index contributed by atoms with van der Waals surface area (Å²) in [4.78, 5) is 0.377. The van der Waals surface area contributed by atoms with E-state index in [0.29, 0.717) is 28.4 Å². The standard InChI is InChI=1S/C14H21BrN2O2S/c1-11-5-3-7-13(14(11)15)20(18,19)17-8-4-6-12(10-17)9-16-2/h3,5,7,12,16H,4,6,8-10H2,1-2H3. The molecule has 1 heterocycles. The monoisotopic (exact) mass is 360 g/mol. The summed E-state index contributed by atoms with van der Waals surface area (Å²) < 4.78 is 27.9. The first-order valence-corrected chi connectivity index (χ1v) is 9.10. The summed E-state index contributed by atoms with van der Waals surface area (Å²) in [6.45, 7) is 3.98. The molecule has 1 saturated heterocycles. The molecule has 1 atom stereocenters. The van der Waals surface area contributed by atoms with Crippen LogP contribution in [0, 0.1) is 12.8 Å². The fraction of sp³-hybridized carbons (Fsp3) is 0.571. The van der Waals surface area contributed by atoms with Gasteiger partial charge in [-0.15, -0.1) is 0 Å². The Morgan fingerprint density at radius 2 is 2.20 bits per heavy atom. The number of piperidine rings is 1. The van der Waals surface area contributed by atoms with Crippen molar-refractivity contribution < 1.29 is 8.42 Å². The van der Waals surface area contributed by atoms with Crippen molar-refractivity contribution in [2.75, 3.05) is 26.7 Å². The van der Waals surface area contributed by atoms with E-state index in [-0.39, 0.29) is 0 Å². The SMILES string of the molecule is CNCC1CCCN(S(=O)(=O)c2cccc(C)c2Br)C1. The number of nitrogens with one attached hydrogen (secondary N) is 1. The van der Waals surface area contributed by atoms with Crippen LogP contribution in [0.5, 0.6) is 0 Å². The molecule has 1 aromatic carbocycles. The molecule has 0 bridgehead atoms. The van der Waals surface area contributed by atoms with Crippen LogP contribution in [-0.4, -0.2) is 39.4 Å². The highest BCUT2D eigenvalue weighted by molar-refractivity contribution is 9.10. The molecule has 0 amide bonds. The zero-order valence-corrected chi connectivity index (χ0v) is 14.3. The quantitative estimate of drug-likeness (QED) is 0.896. The van der Waals surface area contributed by atoms with E-state index in [4.69, 9.17) is 0 Å². The fourth-order valence-corrected chi connectivity index (χ4v) is 5.23. The van der Waals surface area contributed by atoms with E-state index in [9.17, 15) is 8.42 Å².